The van der Waals surface area contributed by atoms with Gasteiger partial charge in [0.05, 0.1) is 0 Å². The lowest BCUT2D eigenvalue weighted by Crippen LogP contribution is -2.21. The van der Waals surface area contributed by atoms with Crippen LogP contribution in [0.15, 0.2) is 9.95 Å². The second kappa shape index (κ2) is 2.17. The SMILES string of the molecule is Cn1c(S(N)(=O)=O)n[nH]c1=O. The number of H-pyrrole nitrogens is 1. The van der Waals surface area contributed by atoms with E-state index in [9.17, 15) is 13.2 Å². The van der Waals surface area contributed by atoms with Crippen LogP contribution in [0.2, 0.25) is 0 Å². The Kier molecular flexibility index (Phi) is 1.57. The molecule has 11 heavy (non-hydrogen) atoms. The van der Waals surface area contributed by atoms with E-state index in [2.05, 4.69) is 5.10 Å². The van der Waals surface area contributed by atoms with Crippen molar-refractivity contribution in [2.45, 2.75) is 5.16 Å². The highest BCUT2D eigenvalue weighted by Crippen LogP contribution is 1.93. The third kappa shape index (κ3) is 1.30. The van der Waals surface area contributed by atoms with E-state index in [4.69, 9.17) is 5.14 Å². The topological polar surface area (TPSA) is 111 Å². The minimum atomic E-state index is -3.89. The van der Waals surface area contributed by atoms with E-state index >= 15 is 0 Å². The maximum absolute atomic E-state index is 10.6. The molecular weight excluding hydrogens is 172 g/mol. The van der Waals surface area contributed by atoms with Crippen LogP contribution in [0.25, 0.3) is 0 Å². The van der Waals surface area contributed by atoms with Gasteiger partial charge in [-0.3, -0.25) is 4.57 Å². The van der Waals surface area contributed by atoms with Gasteiger partial charge in [-0.25, -0.2) is 23.4 Å². The number of nitrogens with two attached hydrogens (primary N) is 1. The molecule has 0 aliphatic carbocycles. The van der Waals surface area contributed by atoms with Crippen LogP contribution in [-0.2, 0) is 17.1 Å². The molecule has 0 bridgehead atoms. The highest BCUT2D eigenvalue weighted by Gasteiger charge is 2.15. The van der Waals surface area contributed by atoms with Crippen molar-refractivity contribution in [3.05, 3.63) is 10.5 Å². The van der Waals surface area contributed by atoms with E-state index in [1.165, 1.54) is 7.05 Å². The highest BCUT2D eigenvalue weighted by atomic mass is 32.2. The molecule has 1 aromatic heterocycles. The number of aromatic amines is 1. The van der Waals surface area contributed by atoms with Crippen LogP contribution in [0.4, 0.5) is 0 Å². The fourth-order valence-corrected chi connectivity index (χ4v) is 1.22. The summed E-state index contributed by atoms with van der Waals surface area (Å²) in [6.45, 7) is 0. The Bertz CT molecular complexity index is 412. The van der Waals surface area contributed by atoms with Crippen molar-refractivity contribution in [3.63, 3.8) is 0 Å². The Morgan fingerprint density at radius 3 is 2.36 bits per heavy atom. The minimum absolute atomic E-state index is 0.470. The van der Waals surface area contributed by atoms with Gasteiger partial charge in [0.15, 0.2) is 0 Å². The molecule has 1 rings (SSSR count). The number of sulfonamides is 1. The summed E-state index contributed by atoms with van der Waals surface area (Å²) in [6, 6.07) is 0. The Balaban J connectivity index is 3.51. The first kappa shape index (κ1) is 7.95. The number of hydrogen-bond donors (Lipinski definition) is 2. The summed E-state index contributed by atoms with van der Waals surface area (Å²) in [5.74, 6) is 0. The molecule has 7 nitrogen and oxygen atoms in total. The van der Waals surface area contributed by atoms with Crippen molar-refractivity contribution in [2.75, 3.05) is 0 Å². The minimum Gasteiger partial charge on any atom is -0.268 e. The molecular formula is C3H6N4O3S. The van der Waals surface area contributed by atoms with Crippen LogP contribution in [0.3, 0.4) is 0 Å². The smallest absolute Gasteiger partial charge is 0.268 e. The average Bonchev–Trinajstić information content (AvgIpc) is 2.11. The number of aromatic nitrogens is 3. The largest absolute Gasteiger partial charge is 0.343 e. The van der Waals surface area contributed by atoms with Crippen molar-refractivity contribution in [3.8, 4) is 0 Å². The van der Waals surface area contributed by atoms with Crippen LogP contribution in [0.5, 0.6) is 0 Å². The second-order valence-electron chi connectivity index (χ2n) is 1.92. The van der Waals surface area contributed by atoms with Crippen molar-refractivity contribution < 1.29 is 8.42 Å². The van der Waals surface area contributed by atoms with Gasteiger partial charge in [-0.2, -0.15) is 0 Å². The molecule has 1 aromatic rings. The van der Waals surface area contributed by atoms with Gasteiger partial charge in [0.25, 0.3) is 15.2 Å². The lowest BCUT2D eigenvalue weighted by molar-refractivity contribution is 0.579. The van der Waals surface area contributed by atoms with Crippen molar-refractivity contribution in [2.24, 2.45) is 12.2 Å². The summed E-state index contributed by atoms with van der Waals surface area (Å²) in [5.41, 5.74) is -0.617. The van der Waals surface area contributed by atoms with Crippen LogP contribution >= 0.6 is 0 Å². The third-order valence-electron chi connectivity index (χ3n) is 1.09. The van der Waals surface area contributed by atoms with Crippen LogP contribution in [-0.4, -0.2) is 23.2 Å². The Hall–Kier alpha value is -1.15. The monoisotopic (exact) mass is 178 g/mol. The molecule has 0 unspecified atom stereocenters. The maximum atomic E-state index is 10.6. The third-order valence-corrected chi connectivity index (χ3v) is 1.97. The number of nitrogens with one attached hydrogen (secondary N) is 1. The molecule has 0 radical (unpaired) electrons. The first-order chi connectivity index (χ1) is 4.93. The van der Waals surface area contributed by atoms with E-state index in [0.717, 1.165) is 4.57 Å². The molecule has 3 N–H and O–H groups in total. The molecule has 62 valence electrons. The predicted octanol–water partition coefficient (Wildman–Crippen LogP) is -2.24. The zero-order valence-corrected chi connectivity index (χ0v) is 6.42. The van der Waals surface area contributed by atoms with Gasteiger partial charge in [0.2, 0.25) is 0 Å². The van der Waals surface area contributed by atoms with Crippen molar-refractivity contribution in [1.82, 2.24) is 14.8 Å². The van der Waals surface area contributed by atoms with Crippen molar-refractivity contribution >= 4 is 10.0 Å². The van der Waals surface area contributed by atoms with Gasteiger partial charge in [0, 0.05) is 7.05 Å². The zero-order chi connectivity index (χ0) is 8.65. The summed E-state index contributed by atoms with van der Waals surface area (Å²) in [6.07, 6.45) is 0. The van der Waals surface area contributed by atoms with Gasteiger partial charge < -0.3 is 0 Å². The quantitative estimate of drug-likeness (QED) is 0.506. The van der Waals surface area contributed by atoms with E-state index in [-0.39, 0.29) is 0 Å². The summed E-state index contributed by atoms with van der Waals surface area (Å²) >= 11 is 0. The molecule has 0 spiro atoms. The molecule has 0 aliphatic heterocycles. The lowest BCUT2D eigenvalue weighted by atomic mass is 11.1. The van der Waals surface area contributed by atoms with Gasteiger partial charge in [-0.05, 0) is 0 Å². The average molecular weight is 178 g/mol. The van der Waals surface area contributed by atoms with Crippen molar-refractivity contribution in [1.29, 1.82) is 0 Å². The van der Waals surface area contributed by atoms with Gasteiger partial charge in [0.1, 0.15) is 0 Å². The van der Waals surface area contributed by atoms with Gasteiger partial charge >= 0.3 is 5.69 Å². The first-order valence-electron chi connectivity index (χ1n) is 2.57. The fourth-order valence-electron chi connectivity index (χ4n) is 0.587. The first-order valence-corrected chi connectivity index (χ1v) is 4.12. The van der Waals surface area contributed by atoms with E-state index in [1.807, 2.05) is 5.10 Å². The molecule has 8 heteroatoms. The lowest BCUT2D eigenvalue weighted by Gasteiger charge is -1.92. The highest BCUT2D eigenvalue weighted by molar-refractivity contribution is 7.89. The Morgan fingerprint density at radius 1 is 1.64 bits per heavy atom. The molecule has 0 fully saturated rings. The molecule has 0 aromatic carbocycles. The Labute approximate surface area is 61.9 Å². The number of nitrogens with zero attached hydrogens (tertiary/aromatic N) is 2. The van der Waals surface area contributed by atoms with Crippen LogP contribution in [0.1, 0.15) is 0 Å². The standard InChI is InChI=1S/C3H6N4O3S/c1-7-2(8)5-6-3(7)11(4,9)10/h1H3,(H,5,8)(H2,4,9,10). The number of rotatable bonds is 1. The predicted molar refractivity (Wildman–Crippen MR) is 35.2 cm³/mol. The van der Waals surface area contributed by atoms with Crippen LogP contribution in [0, 0.1) is 0 Å². The van der Waals surface area contributed by atoms with Crippen LogP contribution < -0.4 is 10.8 Å². The van der Waals surface area contributed by atoms with Gasteiger partial charge in [-0.1, -0.05) is 0 Å². The van der Waals surface area contributed by atoms with Gasteiger partial charge in [-0.15, -0.1) is 5.10 Å². The van der Waals surface area contributed by atoms with E-state index in [1.54, 1.807) is 0 Å². The molecule has 1 heterocycles. The normalized spacial score (nSPS) is 11.8. The maximum Gasteiger partial charge on any atom is 0.343 e. The molecule has 0 atom stereocenters. The summed E-state index contributed by atoms with van der Waals surface area (Å²) < 4.78 is 22.0. The molecule has 0 aliphatic rings. The summed E-state index contributed by atoms with van der Waals surface area (Å²) in [4.78, 5) is 10.6. The van der Waals surface area contributed by atoms with E-state index in [0.29, 0.717) is 0 Å². The van der Waals surface area contributed by atoms with E-state index < -0.39 is 20.9 Å². The number of primary sulfonamides is 1. The summed E-state index contributed by atoms with van der Waals surface area (Å²) in [7, 11) is -2.64. The number of hydrogen-bond acceptors (Lipinski definition) is 4. The second-order valence-corrected chi connectivity index (χ2v) is 3.37. The zero-order valence-electron chi connectivity index (χ0n) is 5.60. The molecule has 0 saturated carbocycles. The summed E-state index contributed by atoms with van der Waals surface area (Å²) in [5, 5.41) is 9.37. The fraction of sp³-hybridized carbons (Fsp3) is 0.333. The Morgan fingerprint density at radius 2 is 2.18 bits per heavy atom. The molecule has 0 amide bonds. The molecule has 0 saturated heterocycles.